The maximum absolute atomic E-state index is 12.6. The topological polar surface area (TPSA) is 117 Å². The van der Waals surface area contributed by atoms with Gasteiger partial charge in [0.25, 0.3) is 0 Å². The predicted molar refractivity (Wildman–Crippen MR) is 238 cm³/mol. The molecule has 0 amide bonds. The summed E-state index contributed by atoms with van der Waals surface area (Å²) in [5.74, 6) is -0.326. The number of esters is 1. The number of hydrogen-bond acceptors (Lipinski definition) is 7. The number of phosphoric acid groups is 1. The first-order valence-electron chi connectivity index (χ1n) is 24.2. The highest BCUT2D eigenvalue weighted by atomic mass is 31.2. The lowest BCUT2D eigenvalue weighted by molar-refractivity contribution is -0.154. The number of unbranched alkanes of at least 4 members (excludes halogenated alkanes) is 32. The van der Waals surface area contributed by atoms with Crippen molar-refractivity contribution < 1.29 is 32.8 Å². The molecule has 0 heterocycles. The van der Waals surface area contributed by atoms with E-state index in [0.29, 0.717) is 13.0 Å². The Kier molecular flexibility index (Phi) is 44.7. The molecule has 0 aromatic carbocycles. The second kappa shape index (κ2) is 45.3. The Bertz CT molecular complexity index is 873. The Morgan fingerprint density at radius 2 is 0.893 bits per heavy atom. The predicted octanol–water partition coefficient (Wildman–Crippen LogP) is 14.6. The first-order valence-corrected chi connectivity index (χ1v) is 25.7. The average Bonchev–Trinajstić information content (AvgIpc) is 3.19. The molecule has 0 aliphatic rings. The molecule has 0 aliphatic heterocycles. The largest absolute Gasteiger partial charge is 0.472 e. The highest BCUT2D eigenvalue weighted by Crippen LogP contribution is 2.43. The third-order valence-corrected chi connectivity index (χ3v) is 11.7. The Morgan fingerprint density at radius 1 is 0.518 bits per heavy atom. The van der Waals surface area contributed by atoms with Crippen molar-refractivity contribution >= 4 is 13.8 Å². The van der Waals surface area contributed by atoms with E-state index in [2.05, 4.69) is 26.0 Å². The minimum absolute atomic E-state index is 0.0931. The SMILES string of the molecule is CCCCCCCCC/C=C\CCCCCCCCOCC(COP(=O)(O)OCCN)OC(=O)CCCCCCCCCCCCCCCCCCCCCC. The van der Waals surface area contributed by atoms with Gasteiger partial charge in [0.05, 0.1) is 19.8 Å². The first kappa shape index (κ1) is 55.2. The van der Waals surface area contributed by atoms with Crippen LogP contribution in [0.5, 0.6) is 0 Å². The quantitative estimate of drug-likeness (QED) is 0.0270. The van der Waals surface area contributed by atoms with Crippen LogP contribution in [0.3, 0.4) is 0 Å². The fraction of sp³-hybridized carbons (Fsp3) is 0.936. The van der Waals surface area contributed by atoms with Crippen LogP contribution in [-0.4, -0.2) is 49.9 Å². The van der Waals surface area contributed by atoms with Crippen molar-refractivity contribution in [1.29, 1.82) is 0 Å². The van der Waals surface area contributed by atoms with E-state index >= 15 is 0 Å². The van der Waals surface area contributed by atoms with Gasteiger partial charge in [0.2, 0.25) is 0 Å². The molecule has 0 saturated carbocycles. The number of phosphoric ester groups is 1. The molecule has 2 atom stereocenters. The fourth-order valence-corrected chi connectivity index (χ4v) is 7.88. The number of nitrogens with two attached hydrogens (primary N) is 1. The number of hydrogen-bond donors (Lipinski definition) is 2. The van der Waals surface area contributed by atoms with E-state index in [1.165, 1.54) is 193 Å². The molecule has 56 heavy (non-hydrogen) atoms. The number of rotatable bonds is 47. The van der Waals surface area contributed by atoms with Gasteiger partial charge in [0.15, 0.2) is 0 Å². The van der Waals surface area contributed by atoms with E-state index in [0.717, 1.165) is 32.1 Å². The molecule has 0 spiro atoms. The van der Waals surface area contributed by atoms with E-state index < -0.39 is 13.9 Å². The lowest BCUT2D eigenvalue weighted by Crippen LogP contribution is -2.28. The van der Waals surface area contributed by atoms with Crippen LogP contribution in [0, 0.1) is 0 Å². The highest BCUT2D eigenvalue weighted by molar-refractivity contribution is 7.47. The molecule has 0 aromatic heterocycles. The van der Waals surface area contributed by atoms with Crippen molar-refractivity contribution in [3.63, 3.8) is 0 Å². The van der Waals surface area contributed by atoms with Gasteiger partial charge in [-0.3, -0.25) is 13.8 Å². The molecule has 8 nitrogen and oxygen atoms in total. The molecular formula is C47H94NO7P. The summed E-state index contributed by atoms with van der Waals surface area (Å²) in [6, 6.07) is 0. The number of ether oxygens (including phenoxy) is 2. The minimum atomic E-state index is -4.28. The summed E-state index contributed by atoms with van der Waals surface area (Å²) >= 11 is 0. The highest BCUT2D eigenvalue weighted by Gasteiger charge is 2.25. The van der Waals surface area contributed by atoms with E-state index in [4.69, 9.17) is 24.3 Å². The van der Waals surface area contributed by atoms with Crippen LogP contribution in [-0.2, 0) is 27.9 Å². The molecule has 334 valence electrons. The molecule has 2 unspecified atom stereocenters. The lowest BCUT2D eigenvalue weighted by Gasteiger charge is -2.20. The second-order valence-corrected chi connectivity index (χ2v) is 17.8. The van der Waals surface area contributed by atoms with Gasteiger partial charge in [-0.2, -0.15) is 0 Å². The van der Waals surface area contributed by atoms with Gasteiger partial charge in [-0.15, -0.1) is 0 Å². The molecule has 9 heteroatoms. The van der Waals surface area contributed by atoms with E-state index in [1.807, 2.05) is 0 Å². The number of carbonyl (C=O) groups is 1. The maximum atomic E-state index is 12.6. The Labute approximate surface area is 347 Å². The van der Waals surface area contributed by atoms with Gasteiger partial charge in [-0.05, 0) is 38.5 Å². The van der Waals surface area contributed by atoms with Crippen LogP contribution >= 0.6 is 7.82 Å². The molecule has 0 bridgehead atoms. The van der Waals surface area contributed by atoms with Gasteiger partial charge in [-0.25, -0.2) is 4.57 Å². The van der Waals surface area contributed by atoms with Crippen LogP contribution in [0.2, 0.25) is 0 Å². The van der Waals surface area contributed by atoms with Gasteiger partial charge in [0.1, 0.15) is 6.10 Å². The number of carbonyl (C=O) groups excluding carboxylic acids is 1. The normalized spacial score (nSPS) is 13.4. The molecule has 0 rings (SSSR count). The molecule has 0 radical (unpaired) electrons. The minimum Gasteiger partial charge on any atom is -0.457 e. The zero-order chi connectivity index (χ0) is 40.9. The van der Waals surface area contributed by atoms with Gasteiger partial charge in [-0.1, -0.05) is 212 Å². The molecule has 0 aliphatic carbocycles. The summed E-state index contributed by atoms with van der Waals surface area (Å²) in [5.41, 5.74) is 5.38. The van der Waals surface area contributed by atoms with Crippen LogP contribution in [0.1, 0.15) is 245 Å². The third kappa shape index (κ3) is 44.3. The maximum Gasteiger partial charge on any atom is 0.472 e. The third-order valence-electron chi connectivity index (χ3n) is 10.7. The zero-order valence-electron chi connectivity index (χ0n) is 37.1. The van der Waals surface area contributed by atoms with Crippen molar-refractivity contribution in [3.8, 4) is 0 Å². The molecule has 3 N–H and O–H groups in total. The smallest absolute Gasteiger partial charge is 0.457 e. The second-order valence-electron chi connectivity index (χ2n) is 16.3. The number of allylic oxidation sites excluding steroid dienone is 2. The molecule has 0 fully saturated rings. The zero-order valence-corrected chi connectivity index (χ0v) is 38.0. The van der Waals surface area contributed by atoms with E-state index in [-0.39, 0.29) is 32.3 Å². The van der Waals surface area contributed by atoms with Crippen molar-refractivity contribution in [2.45, 2.75) is 251 Å². The Hall–Kier alpha value is -0.760. The van der Waals surface area contributed by atoms with Crippen LogP contribution in [0.25, 0.3) is 0 Å². The average molecular weight is 816 g/mol. The van der Waals surface area contributed by atoms with E-state index in [1.54, 1.807) is 0 Å². The summed E-state index contributed by atoms with van der Waals surface area (Å²) in [5, 5.41) is 0. The van der Waals surface area contributed by atoms with Crippen LogP contribution in [0.15, 0.2) is 12.2 Å². The van der Waals surface area contributed by atoms with Crippen molar-refractivity contribution in [1.82, 2.24) is 0 Å². The fourth-order valence-electron chi connectivity index (χ4n) is 7.11. The standard InChI is InChI=1S/C47H94NO7P/c1-3-5-7-9-11-13-15-17-19-21-22-23-24-26-28-30-32-34-36-38-40-47(49)55-46(45-54-56(50,51)53-43-41-48)44-52-42-39-37-35-33-31-29-27-25-20-18-16-14-12-10-8-6-4-2/h20,25,46H,3-19,21-24,26-45,48H2,1-2H3,(H,50,51)/b25-20-. The van der Waals surface area contributed by atoms with Gasteiger partial charge in [0, 0.05) is 19.6 Å². The summed E-state index contributed by atoms with van der Waals surface area (Å²) in [6.07, 6.45) is 49.5. The van der Waals surface area contributed by atoms with Crippen molar-refractivity contribution in [2.24, 2.45) is 5.73 Å². The lowest BCUT2D eigenvalue weighted by atomic mass is 10.0. The van der Waals surface area contributed by atoms with Crippen LogP contribution in [0.4, 0.5) is 0 Å². The molecule has 0 saturated heterocycles. The van der Waals surface area contributed by atoms with Crippen molar-refractivity contribution in [2.75, 3.05) is 33.0 Å². The summed E-state index contributed by atoms with van der Waals surface area (Å²) in [6.45, 7) is 4.96. The summed E-state index contributed by atoms with van der Waals surface area (Å²) < 4.78 is 33.5. The van der Waals surface area contributed by atoms with Crippen molar-refractivity contribution in [3.05, 3.63) is 12.2 Å². The molecular weight excluding hydrogens is 721 g/mol. The van der Waals surface area contributed by atoms with E-state index in [9.17, 15) is 14.3 Å². The summed E-state index contributed by atoms with van der Waals surface area (Å²) in [4.78, 5) is 22.5. The first-order chi connectivity index (χ1) is 27.4. The van der Waals surface area contributed by atoms with Gasteiger partial charge < -0.3 is 20.1 Å². The van der Waals surface area contributed by atoms with Crippen LogP contribution < -0.4 is 5.73 Å². The van der Waals surface area contributed by atoms with Gasteiger partial charge >= 0.3 is 13.8 Å². The Balaban J connectivity index is 3.94. The molecule has 0 aromatic rings. The monoisotopic (exact) mass is 816 g/mol. The Morgan fingerprint density at radius 3 is 1.30 bits per heavy atom. The summed E-state index contributed by atoms with van der Waals surface area (Å²) in [7, 11) is -4.28.